The zero-order valence-electron chi connectivity index (χ0n) is 6.77. The second-order valence-electron chi connectivity index (χ2n) is 2.91. The van der Waals surface area contributed by atoms with E-state index >= 15 is 0 Å². The van der Waals surface area contributed by atoms with Gasteiger partial charge in [-0.2, -0.15) is 8.42 Å². The Morgan fingerprint density at radius 3 is 2.77 bits per heavy atom. The first kappa shape index (κ1) is 8.47. The predicted octanol–water partition coefficient (Wildman–Crippen LogP) is 1.50. The van der Waals surface area contributed by atoms with Gasteiger partial charge in [0.15, 0.2) is 0 Å². The molecule has 0 unspecified atom stereocenters. The predicted molar refractivity (Wildman–Crippen MR) is 49.0 cm³/mol. The van der Waals surface area contributed by atoms with Gasteiger partial charge < -0.3 is 0 Å². The highest BCUT2D eigenvalue weighted by Gasteiger charge is 2.17. The molecule has 0 radical (unpaired) electrons. The van der Waals surface area contributed by atoms with E-state index in [0.29, 0.717) is 5.56 Å². The van der Waals surface area contributed by atoms with Crippen LogP contribution in [0.3, 0.4) is 0 Å². The fourth-order valence-corrected chi connectivity index (χ4v) is 2.21. The van der Waals surface area contributed by atoms with Crippen molar-refractivity contribution in [2.75, 3.05) is 0 Å². The summed E-state index contributed by atoms with van der Waals surface area (Å²) in [5, 5.41) is 0. The van der Waals surface area contributed by atoms with E-state index in [0.717, 1.165) is 12.0 Å². The third-order valence-corrected chi connectivity index (χ3v) is 2.97. The fraction of sp³-hybridized carbons (Fsp3) is 0.111. The number of benzene rings is 1. The summed E-state index contributed by atoms with van der Waals surface area (Å²) >= 11 is 0. The first-order chi connectivity index (χ1) is 6.09. The molecule has 68 valence electrons. The van der Waals surface area contributed by atoms with E-state index < -0.39 is 10.1 Å². The number of allylic oxidation sites excluding steroid dienone is 1. The summed E-state index contributed by atoms with van der Waals surface area (Å²) in [4.78, 5) is -0.00116. The Morgan fingerprint density at radius 1 is 1.31 bits per heavy atom. The van der Waals surface area contributed by atoms with Crippen molar-refractivity contribution in [3.05, 3.63) is 35.4 Å². The number of fused-ring (bicyclic) bond motifs is 1. The normalized spacial score (nSPS) is 14.5. The first-order valence-corrected chi connectivity index (χ1v) is 5.29. The van der Waals surface area contributed by atoms with Gasteiger partial charge in [0.1, 0.15) is 4.90 Å². The molecule has 0 amide bonds. The summed E-state index contributed by atoms with van der Waals surface area (Å²) < 4.78 is 30.7. The summed E-state index contributed by atoms with van der Waals surface area (Å²) in [7, 11) is -4.08. The first-order valence-electron chi connectivity index (χ1n) is 3.85. The van der Waals surface area contributed by atoms with Gasteiger partial charge >= 0.3 is 0 Å². The Kier molecular flexibility index (Phi) is 1.75. The van der Waals surface area contributed by atoms with Crippen LogP contribution in [0.2, 0.25) is 0 Å². The van der Waals surface area contributed by atoms with Crippen molar-refractivity contribution in [2.45, 2.75) is 11.3 Å². The molecule has 2 rings (SSSR count). The molecule has 0 spiro atoms. The molecule has 13 heavy (non-hydrogen) atoms. The van der Waals surface area contributed by atoms with E-state index in [9.17, 15) is 8.42 Å². The summed E-state index contributed by atoms with van der Waals surface area (Å²) in [6, 6.07) is 4.89. The van der Waals surface area contributed by atoms with Crippen LogP contribution >= 0.6 is 0 Å². The SMILES string of the molecule is O=S(=O)(O)c1cccc2c1C=CC2. The second kappa shape index (κ2) is 2.68. The van der Waals surface area contributed by atoms with Gasteiger partial charge in [0.2, 0.25) is 0 Å². The Bertz CT molecular complexity index is 472. The van der Waals surface area contributed by atoms with Crippen LogP contribution in [-0.4, -0.2) is 13.0 Å². The molecule has 0 atom stereocenters. The number of hydrogen-bond donors (Lipinski definition) is 1. The van der Waals surface area contributed by atoms with Crippen LogP contribution in [0, 0.1) is 0 Å². The van der Waals surface area contributed by atoms with Gasteiger partial charge in [0, 0.05) is 0 Å². The monoisotopic (exact) mass is 196 g/mol. The lowest BCUT2D eigenvalue weighted by Crippen LogP contribution is -2.01. The van der Waals surface area contributed by atoms with Crippen LogP contribution in [0.15, 0.2) is 29.2 Å². The average molecular weight is 196 g/mol. The van der Waals surface area contributed by atoms with Gasteiger partial charge in [-0.3, -0.25) is 4.55 Å². The minimum absolute atomic E-state index is 0.00116. The highest BCUT2D eigenvalue weighted by atomic mass is 32.2. The van der Waals surface area contributed by atoms with Gasteiger partial charge in [-0.15, -0.1) is 0 Å². The molecule has 1 N–H and O–H groups in total. The van der Waals surface area contributed by atoms with Crippen LogP contribution in [0.1, 0.15) is 11.1 Å². The quantitative estimate of drug-likeness (QED) is 0.692. The smallest absolute Gasteiger partial charge is 0.282 e. The third-order valence-electron chi connectivity index (χ3n) is 2.06. The van der Waals surface area contributed by atoms with E-state index in [4.69, 9.17) is 4.55 Å². The van der Waals surface area contributed by atoms with Crippen LogP contribution in [0.4, 0.5) is 0 Å². The number of hydrogen-bond acceptors (Lipinski definition) is 2. The second-order valence-corrected chi connectivity index (χ2v) is 4.30. The minimum Gasteiger partial charge on any atom is -0.282 e. The molecular weight excluding hydrogens is 188 g/mol. The lowest BCUT2D eigenvalue weighted by atomic mass is 10.1. The maximum atomic E-state index is 10.9. The molecule has 0 saturated carbocycles. The molecule has 1 aromatic carbocycles. The molecule has 0 fully saturated rings. The van der Waals surface area contributed by atoms with Crippen molar-refractivity contribution < 1.29 is 13.0 Å². The van der Waals surface area contributed by atoms with Crippen LogP contribution < -0.4 is 0 Å². The van der Waals surface area contributed by atoms with Crippen molar-refractivity contribution >= 4 is 16.2 Å². The Hall–Kier alpha value is -1.13. The molecule has 1 aliphatic carbocycles. The summed E-state index contributed by atoms with van der Waals surface area (Å²) in [5.41, 5.74) is 1.56. The molecule has 1 aliphatic rings. The molecule has 0 heterocycles. The highest BCUT2D eigenvalue weighted by molar-refractivity contribution is 7.85. The average Bonchev–Trinajstić information content (AvgIpc) is 2.48. The molecule has 1 aromatic rings. The topological polar surface area (TPSA) is 54.4 Å². The van der Waals surface area contributed by atoms with Gasteiger partial charge in [-0.1, -0.05) is 24.3 Å². The maximum absolute atomic E-state index is 10.9. The molecule has 0 bridgehead atoms. The molecule has 0 aromatic heterocycles. The van der Waals surface area contributed by atoms with E-state index in [1.807, 2.05) is 12.1 Å². The molecular formula is C9H8O3S. The third kappa shape index (κ3) is 1.38. The Morgan fingerprint density at radius 2 is 2.08 bits per heavy atom. The molecule has 4 heteroatoms. The highest BCUT2D eigenvalue weighted by Crippen LogP contribution is 2.26. The van der Waals surface area contributed by atoms with Crippen molar-refractivity contribution in [2.24, 2.45) is 0 Å². The minimum atomic E-state index is -4.08. The zero-order valence-corrected chi connectivity index (χ0v) is 7.58. The summed E-state index contributed by atoms with van der Waals surface area (Å²) in [6.07, 6.45) is 4.33. The van der Waals surface area contributed by atoms with E-state index in [-0.39, 0.29) is 4.90 Å². The lowest BCUT2D eigenvalue weighted by molar-refractivity contribution is 0.483. The largest absolute Gasteiger partial charge is 0.295 e. The lowest BCUT2D eigenvalue weighted by Gasteiger charge is -2.03. The maximum Gasteiger partial charge on any atom is 0.295 e. The van der Waals surface area contributed by atoms with Crippen LogP contribution in [-0.2, 0) is 16.5 Å². The Balaban J connectivity index is 2.74. The van der Waals surface area contributed by atoms with E-state index in [1.165, 1.54) is 6.07 Å². The molecule has 3 nitrogen and oxygen atoms in total. The standard InChI is InChI=1S/C9H8O3S/c10-13(11,12)9-6-2-4-7-3-1-5-8(7)9/h1-2,4-6H,3H2,(H,10,11,12). The van der Waals surface area contributed by atoms with Crippen LogP contribution in [0.5, 0.6) is 0 Å². The summed E-state index contributed by atoms with van der Waals surface area (Å²) in [6.45, 7) is 0. The van der Waals surface area contributed by atoms with Gasteiger partial charge in [0.25, 0.3) is 10.1 Å². The van der Waals surface area contributed by atoms with Crippen molar-refractivity contribution in [1.29, 1.82) is 0 Å². The van der Waals surface area contributed by atoms with Gasteiger partial charge in [-0.05, 0) is 23.6 Å². The molecule has 0 aliphatic heterocycles. The fourth-order valence-electron chi connectivity index (χ4n) is 1.49. The summed E-state index contributed by atoms with van der Waals surface area (Å²) in [5.74, 6) is 0. The van der Waals surface area contributed by atoms with E-state index in [2.05, 4.69) is 0 Å². The molecule has 0 saturated heterocycles. The van der Waals surface area contributed by atoms with Crippen molar-refractivity contribution in [1.82, 2.24) is 0 Å². The van der Waals surface area contributed by atoms with Gasteiger partial charge in [0.05, 0.1) is 0 Å². The van der Waals surface area contributed by atoms with Crippen LogP contribution in [0.25, 0.3) is 6.08 Å². The zero-order chi connectivity index (χ0) is 9.47. The van der Waals surface area contributed by atoms with E-state index in [1.54, 1.807) is 12.1 Å². The Labute approximate surface area is 76.5 Å². The van der Waals surface area contributed by atoms with Gasteiger partial charge in [-0.25, -0.2) is 0 Å². The number of rotatable bonds is 1. The van der Waals surface area contributed by atoms with Crippen molar-refractivity contribution in [3.8, 4) is 0 Å². The van der Waals surface area contributed by atoms with Crippen molar-refractivity contribution in [3.63, 3.8) is 0 Å².